The van der Waals surface area contributed by atoms with Crippen LogP contribution in [-0.2, 0) is 6.54 Å². The highest BCUT2D eigenvalue weighted by Crippen LogP contribution is 2.13. The first-order chi connectivity index (χ1) is 6.76. The van der Waals surface area contributed by atoms with Crippen molar-refractivity contribution >= 4 is 39.9 Å². The number of hydrogen-bond donors (Lipinski definition) is 2. The summed E-state index contributed by atoms with van der Waals surface area (Å²) in [6.07, 6.45) is 1.78. The minimum atomic E-state index is 0.350. The maximum absolute atomic E-state index is 9.90. The topological polar surface area (TPSA) is 78.7 Å². The molecule has 1 aromatic heterocycles. The first kappa shape index (κ1) is 11.3. The number of aliphatic imine (C=N–C) groups is 1. The molecule has 0 aliphatic carbocycles. The molecular formula is C6H8IN5OS. The lowest BCUT2D eigenvalue weighted by Crippen LogP contribution is -2.33. The molecule has 0 radical (unpaired) electrons. The van der Waals surface area contributed by atoms with E-state index in [0.717, 1.165) is 7.89 Å². The summed E-state index contributed by atoms with van der Waals surface area (Å²) in [4.78, 5) is 18.8. The molecule has 0 aliphatic rings. The van der Waals surface area contributed by atoms with Crippen molar-refractivity contribution in [3.05, 3.63) is 19.0 Å². The van der Waals surface area contributed by atoms with Gasteiger partial charge < -0.3 is 5.32 Å². The Hall–Kier alpha value is -0.770. The number of guanidine groups is 1. The van der Waals surface area contributed by atoms with Gasteiger partial charge in [-0.25, -0.2) is 10.4 Å². The van der Waals surface area contributed by atoms with Crippen LogP contribution >= 0.6 is 33.9 Å². The first-order valence-electron chi connectivity index (χ1n) is 3.65. The van der Waals surface area contributed by atoms with E-state index < -0.39 is 0 Å². The van der Waals surface area contributed by atoms with E-state index in [1.165, 1.54) is 0 Å². The highest BCUT2D eigenvalue weighted by atomic mass is 127. The van der Waals surface area contributed by atoms with Gasteiger partial charge in [-0.3, -0.25) is 4.99 Å². The van der Waals surface area contributed by atoms with Crippen molar-refractivity contribution in [2.75, 3.05) is 7.05 Å². The normalized spacial score (nSPS) is 11.1. The van der Waals surface area contributed by atoms with Crippen LogP contribution in [0.5, 0.6) is 0 Å². The van der Waals surface area contributed by atoms with E-state index in [9.17, 15) is 4.91 Å². The van der Waals surface area contributed by atoms with Crippen LogP contribution in [0.25, 0.3) is 0 Å². The summed E-state index contributed by atoms with van der Waals surface area (Å²) >= 11 is 3.73. The highest BCUT2D eigenvalue weighted by molar-refractivity contribution is 14.1. The molecule has 0 aliphatic heterocycles. The Bertz CT molecular complexity index is 339. The third-order valence-corrected chi connectivity index (χ3v) is 3.06. The van der Waals surface area contributed by atoms with Crippen molar-refractivity contribution < 1.29 is 0 Å². The van der Waals surface area contributed by atoms with Gasteiger partial charge in [0.1, 0.15) is 0 Å². The van der Waals surface area contributed by atoms with Gasteiger partial charge in [0.15, 0.2) is 3.01 Å². The molecule has 0 amide bonds. The molecule has 8 heteroatoms. The zero-order valence-electron chi connectivity index (χ0n) is 7.32. The molecule has 0 bridgehead atoms. The van der Waals surface area contributed by atoms with Gasteiger partial charge in [-0.2, -0.15) is 0 Å². The number of rotatable bonds is 3. The van der Waals surface area contributed by atoms with Gasteiger partial charge in [0.2, 0.25) is 5.96 Å². The highest BCUT2D eigenvalue weighted by Gasteiger charge is 2.00. The average molecular weight is 325 g/mol. The fraction of sp³-hybridized carbons (Fsp3) is 0.333. The Labute approximate surface area is 98.3 Å². The van der Waals surface area contributed by atoms with Crippen molar-refractivity contribution in [1.29, 1.82) is 0 Å². The van der Waals surface area contributed by atoms with E-state index in [-0.39, 0.29) is 0 Å². The minimum absolute atomic E-state index is 0.350. The summed E-state index contributed by atoms with van der Waals surface area (Å²) in [6.45, 7) is 0.579. The summed E-state index contributed by atoms with van der Waals surface area (Å²) in [7, 11) is 1.57. The largest absolute Gasteiger partial charge is 0.350 e. The van der Waals surface area contributed by atoms with Crippen LogP contribution in [0.1, 0.15) is 4.88 Å². The average Bonchev–Trinajstić information content (AvgIpc) is 2.59. The number of nitroso groups, excluding NO2 is 1. The van der Waals surface area contributed by atoms with E-state index in [1.807, 2.05) is 0 Å². The SMILES string of the molecule is CN=C(NCc1cnc(I)s1)NN=O. The van der Waals surface area contributed by atoms with E-state index in [1.54, 1.807) is 24.6 Å². The van der Waals surface area contributed by atoms with Crippen LogP contribution in [0, 0.1) is 7.92 Å². The maximum Gasteiger partial charge on any atom is 0.214 e. The standard InChI is InChI=1S/C6H8IN5OS/c1-8-6(11-12-13)10-3-4-2-9-5(7)14-4/h2H,3H2,1H3,(H2,8,10,11,13). The van der Waals surface area contributed by atoms with Crippen LogP contribution in [0.2, 0.25) is 0 Å². The lowest BCUT2D eigenvalue weighted by Gasteiger charge is -2.03. The predicted octanol–water partition coefficient (Wildman–Crippen LogP) is 1.09. The maximum atomic E-state index is 9.90. The van der Waals surface area contributed by atoms with Gasteiger partial charge in [-0.05, 0) is 22.6 Å². The third-order valence-electron chi connectivity index (χ3n) is 1.33. The van der Waals surface area contributed by atoms with Crippen LogP contribution in [0.3, 0.4) is 0 Å². The monoisotopic (exact) mass is 325 g/mol. The number of nitrogens with one attached hydrogen (secondary N) is 2. The fourth-order valence-electron chi connectivity index (χ4n) is 0.748. The number of halogens is 1. The molecule has 1 aromatic rings. The van der Waals surface area contributed by atoms with Gasteiger partial charge in [-0.1, -0.05) is 0 Å². The van der Waals surface area contributed by atoms with E-state index in [4.69, 9.17) is 0 Å². The lowest BCUT2D eigenvalue weighted by atomic mass is 10.5. The van der Waals surface area contributed by atoms with E-state index in [0.29, 0.717) is 12.5 Å². The Morgan fingerprint density at radius 3 is 3.07 bits per heavy atom. The molecule has 1 rings (SSSR count). The fourth-order valence-corrected chi connectivity index (χ4v) is 2.31. The zero-order valence-corrected chi connectivity index (χ0v) is 10.3. The molecule has 2 N–H and O–H groups in total. The van der Waals surface area contributed by atoms with Gasteiger partial charge in [0.05, 0.1) is 11.8 Å². The quantitative estimate of drug-likeness (QED) is 0.287. The van der Waals surface area contributed by atoms with Crippen LogP contribution < -0.4 is 10.7 Å². The summed E-state index contributed by atoms with van der Waals surface area (Å²) < 4.78 is 0.982. The number of nitrogens with zero attached hydrogens (tertiary/aromatic N) is 3. The Morgan fingerprint density at radius 1 is 1.79 bits per heavy atom. The third kappa shape index (κ3) is 3.54. The molecule has 0 unspecified atom stereocenters. The van der Waals surface area contributed by atoms with Crippen molar-refractivity contribution in [2.45, 2.75) is 6.54 Å². The van der Waals surface area contributed by atoms with Crippen LogP contribution in [0.15, 0.2) is 16.5 Å². The van der Waals surface area contributed by atoms with Gasteiger partial charge in [0, 0.05) is 18.1 Å². The van der Waals surface area contributed by atoms with Crippen LogP contribution in [-0.4, -0.2) is 18.0 Å². The second-order valence-electron chi connectivity index (χ2n) is 2.21. The van der Waals surface area contributed by atoms with Gasteiger partial charge in [-0.15, -0.1) is 16.2 Å². The summed E-state index contributed by atoms with van der Waals surface area (Å²) in [6, 6.07) is 0. The molecule has 1 heterocycles. The Balaban J connectivity index is 2.43. The summed E-state index contributed by atoms with van der Waals surface area (Å²) in [5.41, 5.74) is 2.20. The predicted molar refractivity (Wildman–Crippen MR) is 64.0 cm³/mol. The first-order valence-corrected chi connectivity index (χ1v) is 5.55. The van der Waals surface area contributed by atoms with Crippen LogP contribution in [0.4, 0.5) is 0 Å². The zero-order chi connectivity index (χ0) is 10.4. The second kappa shape index (κ2) is 5.86. The second-order valence-corrected chi connectivity index (χ2v) is 5.08. The number of thiazole rings is 1. The van der Waals surface area contributed by atoms with Gasteiger partial charge >= 0.3 is 0 Å². The Kier molecular flexibility index (Phi) is 4.73. The van der Waals surface area contributed by atoms with Crippen molar-refractivity contribution in [2.24, 2.45) is 10.3 Å². The molecule has 0 aromatic carbocycles. The summed E-state index contributed by atoms with van der Waals surface area (Å²) in [5.74, 6) is 0.350. The molecule has 0 atom stereocenters. The smallest absolute Gasteiger partial charge is 0.214 e. The molecule has 14 heavy (non-hydrogen) atoms. The molecule has 6 nitrogen and oxygen atoms in total. The molecule has 0 spiro atoms. The van der Waals surface area contributed by atoms with Crippen molar-refractivity contribution in [3.8, 4) is 0 Å². The van der Waals surface area contributed by atoms with E-state index >= 15 is 0 Å². The lowest BCUT2D eigenvalue weighted by molar-refractivity contribution is 0.845. The van der Waals surface area contributed by atoms with E-state index in [2.05, 4.69) is 48.6 Å². The molecule has 76 valence electrons. The number of hydrogen-bond acceptors (Lipinski definition) is 5. The molecular weight excluding hydrogens is 317 g/mol. The molecule has 0 fully saturated rings. The number of aromatic nitrogens is 1. The summed E-state index contributed by atoms with van der Waals surface area (Å²) in [5, 5.41) is 5.43. The minimum Gasteiger partial charge on any atom is -0.350 e. The van der Waals surface area contributed by atoms with Crippen molar-refractivity contribution in [1.82, 2.24) is 15.7 Å². The Morgan fingerprint density at radius 2 is 2.57 bits per heavy atom. The van der Waals surface area contributed by atoms with Crippen molar-refractivity contribution in [3.63, 3.8) is 0 Å². The van der Waals surface area contributed by atoms with Gasteiger partial charge in [0.25, 0.3) is 0 Å². The molecule has 0 saturated heterocycles. The molecule has 0 saturated carbocycles.